The number of hydrogen-bond acceptors (Lipinski definition) is 3. The Balaban J connectivity index is 1.47. The van der Waals surface area contributed by atoms with Crippen LogP contribution in [-0.4, -0.2) is 33.8 Å². The van der Waals surface area contributed by atoms with Crippen molar-refractivity contribution >= 4 is 17.1 Å². The molecule has 0 bridgehead atoms. The van der Waals surface area contributed by atoms with Gasteiger partial charge in [-0.25, -0.2) is 9.78 Å². The molecule has 1 fully saturated rings. The van der Waals surface area contributed by atoms with E-state index < -0.39 is 0 Å². The number of amides is 2. The van der Waals surface area contributed by atoms with Crippen LogP contribution in [0.2, 0.25) is 0 Å². The van der Waals surface area contributed by atoms with Crippen LogP contribution in [0, 0.1) is 12.8 Å². The first kappa shape index (κ1) is 15.8. The Kier molecular flexibility index (Phi) is 4.81. The normalized spacial score (nSPS) is 21.3. The highest BCUT2D eigenvalue weighted by Gasteiger charge is 2.20. The number of aryl methyl sites for hydroxylation is 1. The topological polar surface area (TPSA) is 90.0 Å². The molecular weight excluding hydrogens is 292 g/mol. The SMILES string of the molecule is Cc1cccc2[nH]c(CNC(=O)NCC3CCCC(O)C3)nc12. The van der Waals surface area contributed by atoms with Gasteiger partial charge in [-0.3, -0.25) is 0 Å². The lowest BCUT2D eigenvalue weighted by molar-refractivity contribution is 0.101. The molecule has 2 atom stereocenters. The van der Waals surface area contributed by atoms with Gasteiger partial charge in [-0.2, -0.15) is 0 Å². The van der Waals surface area contributed by atoms with Crippen molar-refractivity contribution in [1.82, 2.24) is 20.6 Å². The maximum Gasteiger partial charge on any atom is 0.315 e. The molecular formula is C17H24N4O2. The number of carbonyl (C=O) groups is 1. The number of aromatic amines is 1. The average Bonchev–Trinajstić information content (AvgIpc) is 2.96. The molecule has 6 nitrogen and oxygen atoms in total. The Labute approximate surface area is 135 Å². The zero-order chi connectivity index (χ0) is 16.2. The molecule has 6 heteroatoms. The fourth-order valence-electron chi connectivity index (χ4n) is 3.22. The number of imidazole rings is 1. The van der Waals surface area contributed by atoms with Gasteiger partial charge in [-0.15, -0.1) is 0 Å². The third-order valence-corrected chi connectivity index (χ3v) is 4.49. The minimum Gasteiger partial charge on any atom is -0.393 e. The summed E-state index contributed by atoms with van der Waals surface area (Å²) in [6, 6.07) is 5.79. The number of carbonyl (C=O) groups excluding carboxylic acids is 1. The van der Waals surface area contributed by atoms with Gasteiger partial charge in [0.05, 0.1) is 23.7 Å². The summed E-state index contributed by atoms with van der Waals surface area (Å²) in [5.41, 5.74) is 3.05. The lowest BCUT2D eigenvalue weighted by Gasteiger charge is -2.25. The number of nitrogens with zero attached hydrogens (tertiary/aromatic N) is 1. The highest BCUT2D eigenvalue weighted by molar-refractivity contribution is 5.78. The molecule has 0 aliphatic heterocycles. The summed E-state index contributed by atoms with van der Waals surface area (Å²) in [4.78, 5) is 19.6. The van der Waals surface area contributed by atoms with Crippen LogP contribution in [0.1, 0.15) is 37.1 Å². The molecule has 1 aliphatic carbocycles. The van der Waals surface area contributed by atoms with Crippen LogP contribution < -0.4 is 10.6 Å². The maximum atomic E-state index is 11.9. The van der Waals surface area contributed by atoms with Gasteiger partial charge in [0.25, 0.3) is 0 Å². The van der Waals surface area contributed by atoms with Gasteiger partial charge < -0.3 is 20.7 Å². The molecule has 1 aromatic carbocycles. The smallest absolute Gasteiger partial charge is 0.315 e. The van der Waals surface area contributed by atoms with Gasteiger partial charge in [-0.05, 0) is 43.7 Å². The van der Waals surface area contributed by atoms with E-state index in [4.69, 9.17) is 0 Å². The molecule has 0 saturated heterocycles. The Morgan fingerprint density at radius 1 is 1.39 bits per heavy atom. The minimum atomic E-state index is -0.211. The van der Waals surface area contributed by atoms with Gasteiger partial charge in [0, 0.05) is 6.54 Å². The summed E-state index contributed by atoms with van der Waals surface area (Å²) in [6.45, 7) is 3.00. The van der Waals surface area contributed by atoms with E-state index in [0.717, 1.165) is 48.1 Å². The van der Waals surface area contributed by atoms with Gasteiger partial charge in [-0.1, -0.05) is 18.6 Å². The zero-order valence-corrected chi connectivity index (χ0v) is 13.4. The van der Waals surface area contributed by atoms with E-state index in [2.05, 4.69) is 20.6 Å². The molecule has 3 rings (SSSR count). The highest BCUT2D eigenvalue weighted by Crippen LogP contribution is 2.23. The zero-order valence-electron chi connectivity index (χ0n) is 13.4. The number of nitrogens with one attached hydrogen (secondary N) is 3. The predicted octanol–water partition coefficient (Wildman–Crippen LogP) is 2.22. The van der Waals surface area contributed by atoms with Crippen molar-refractivity contribution in [2.75, 3.05) is 6.54 Å². The van der Waals surface area contributed by atoms with Crippen LogP contribution in [0.4, 0.5) is 4.79 Å². The lowest BCUT2D eigenvalue weighted by atomic mass is 9.87. The second kappa shape index (κ2) is 7.00. The van der Waals surface area contributed by atoms with Gasteiger partial charge in [0.15, 0.2) is 0 Å². The van der Waals surface area contributed by atoms with E-state index in [1.165, 1.54) is 0 Å². The standard InChI is InChI=1S/C17H24N4O2/c1-11-4-2-7-14-16(11)21-15(20-14)10-19-17(23)18-9-12-5-3-6-13(22)8-12/h2,4,7,12-13,22H,3,5-6,8-10H2,1H3,(H,20,21)(H2,18,19,23). The monoisotopic (exact) mass is 316 g/mol. The highest BCUT2D eigenvalue weighted by atomic mass is 16.3. The number of H-pyrrole nitrogens is 1. The Morgan fingerprint density at radius 3 is 3.04 bits per heavy atom. The van der Waals surface area contributed by atoms with E-state index >= 15 is 0 Å². The largest absolute Gasteiger partial charge is 0.393 e. The lowest BCUT2D eigenvalue weighted by Crippen LogP contribution is -2.39. The molecule has 2 aromatic rings. The summed E-state index contributed by atoms with van der Waals surface area (Å²) < 4.78 is 0. The third kappa shape index (κ3) is 4.01. The van der Waals surface area contributed by atoms with E-state index in [0.29, 0.717) is 19.0 Å². The van der Waals surface area contributed by atoms with Gasteiger partial charge in [0.2, 0.25) is 0 Å². The second-order valence-electron chi connectivity index (χ2n) is 6.40. The molecule has 0 radical (unpaired) electrons. The first-order valence-electron chi connectivity index (χ1n) is 8.26. The molecule has 1 saturated carbocycles. The summed E-state index contributed by atoms with van der Waals surface area (Å²) in [7, 11) is 0. The van der Waals surface area contributed by atoms with E-state index in [1.807, 2.05) is 25.1 Å². The minimum absolute atomic E-state index is 0.192. The molecule has 1 heterocycles. The fourth-order valence-corrected chi connectivity index (χ4v) is 3.22. The van der Waals surface area contributed by atoms with Crippen LogP contribution in [0.5, 0.6) is 0 Å². The first-order chi connectivity index (χ1) is 11.1. The number of rotatable bonds is 4. The molecule has 2 amide bonds. The summed E-state index contributed by atoms with van der Waals surface area (Å²) in [5.74, 6) is 1.12. The Bertz CT molecular complexity index is 682. The number of hydrogen-bond donors (Lipinski definition) is 4. The van der Waals surface area contributed by atoms with Crippen LogP contribution in [0.15, 0.2) is 18.2 Å². The molecule has 2 unspecified atom stereocenters. The van der Waals surface area contributed by atoms with Gasteiger partial charge >= 0.3 is 6.03 Å². The average molecular weight is 316 g/mol. The summed E-state index contributed by atoms with van der Waals surface area (Å²) in [5, 5.41) is 15.4. The molecule has 0 spiro atoms. The van der Waals surface area contributed by atoms with Crippen LogP contribution in [0.25, 0.3) is 11.0 Å². The Morgan fingerprint density at radius 2 is 2.26 bits per heavy atom. The number of aliphatic hydroxyl groups excluding tert-OH is 1. The number of fused-ring (bicyclic) bond motifs is 1. The van der Waals surface area contributed by atoms with Crippen molar-refractivity contribution in [3.05, 3.63) is 29.6 Å². The fraction of sp³-hybridized carbons (Fsp3) is 0.529. The number of urea groups is 1. The van der Waals surface area contributed by atoms with Crippen molar-refractivity contribution in [2.45, 2.75) is 45.3 Å². The van der Waals surface area contributed by atoms with Crippen LogP contribution >= 0.6 is 0 Å². The molecule has 1 aliphatic rings. The van der Waals surface area contributed by atoms with E-state index in [9.17, 15) is 9.90 Å². The van der Waals surface area contributed by atoms with Crippen molar-refractivity contribution in [3.63, 3.8) is 0 Å². The summed E-state index contributed by atoms with van der Waals surface area (Å²) >= 11 is 0. The van der Waals surface area contributed by atoms with Crippen LogP contribution in [-0.2, 0) is 6.54 Å². The number of benzene rings is 1. The van der Waals surface area contributed by atoms with Gasteiger partial charge in [0.1, 0.15) is 5.82 Å². The quantitative estimate of drug-likeness (QED) is 0.697. The van der Waals surface area contributed by atoms with E-state index in [1.54, 1.807) is 0 Å². The second-order valence-corrected chi connectivity index (χ2v) is 6.40. The number of aliphatic hydroxyl groups is 1. The maximum absolute atomic E-state index is 11.9. The molecule has 23 heavy (non-hydrogen) atoms. The number of para-hydroxylation sites is 1. The Hall–Kier alpha value is -2.08. The third-order valence-electron chi connectivity index (χ3n) is 4.49. The first-order valence-corrected chi connectivity index (χ1v) is 8.26. The van der Waals surface area contributed by atoms with Crippen LogP contribution in [0.3, 0.4) is 0 Å². The molecule has 4 N–H and O–H groups in total. The number of aromatic nitrogens is 2. The van der Waals surface area contributed by atoms with E-state index in [-0.39, 0.29) is 12.1 Å². The van der Waals surface area contributed by atoms with Crippen molar-refractivity contribution in [2.24, 2.45) is 5.92 Å². The molecule has 124 valence electrons. The van der Waals surface area contributed by atoms with Crippen molar-refractivity contribution < 1.29 is 9.90 Å². The summed E-state index contributed by atoms with van der Waals surface area (Å²) in [6.07, 6.45) is 3.56. The van der Waals surface area contributed by atoms with Crippen molar-refractivity contribution in [1.29, 1.82) is 0 Å². The van der Waals surface area contributed by atoms with Crippen molar-refractivity contribution in [3.8, 4) is 0 Å². The molecule has 1 aromatic heterocycles. The predicted molar refractivity (Wildman–Crippen MR) is 89.0 cm³/mol.